The Morgan fingerprint density at radius 2 is 2.15 bits per heavy atom. The molecule has 138 valence electrons. The summed E-state index contributed by atoms with van der Waals surface area (Å²) in [5.74, 6) is 0.484. The molecule has 1 aromatic carbocycles. The first-order valence-electron chi connectivity index (χ1n) is 8.60. The fourth-order valence-electron chi connectivity index (χ4n) is 2.95. The minimum absolute atomic E-state index is 0.0399. The van der Waals surface area contributed by atoms with E-state index < -0.39 is 5.92 Å². The summed E-state index contributed by atoms with van der Waals surface area (Å²) in [6.07, 6.45) is 1.71. The molecule has 1 atom stereocenters. The van der Waals surface area contributed by atoms with Gasteiger partial charge in [0.2, 0.25) is 11.8 Å². The summed E-state index contributed by atoms with van der Waals surface area (Å²) in [6, 6.07) is 7.68. The van der Waals surface area contributed by atoms with Gasteiger partial charge in [-0.15, -0.1) is 5.10 Å². The molecule has 1 saturated heterocycles. The molecule has 1 aromatic heterocycles. The predicted octanol–water partition coefficient (Wildman–Crippen LogP) is 1.85. The van der Waals surface area contributed by atoms with Crippen LogP contribution in [0.2, 0.25) is 0 Å². The van der Waals surface area contributed by atoms with E-state index in [4.69, 9.17) is 4.74 Å². The van der Waals surface area contributed by atoms with Crippen molar-refractivity contribution in [2.45, 2.75) is 32.9 Å². The Morgan fingerprint density at radius 3 is 2.85 bits per heavy atom. The lowest BCUT2D eigenvalue weighted by Gasteiger charge is -2.18. The minimum Gasteiger partial charge on any atom is -0.496 e. The molecule has 0 saturated carbocycles. The number of nitrogens with one attached hydrogen (secondary N) is 1. The van der Waals surface area contributed by atoms with Crippen molar-refractivity contribution in [1.29, 1.82) is 0 Å². The van der Waals surface area contributed by atoms with E-state index in [1.54, 1.807) is 12.0 Å². The van der Waals surface area contributed by atoms with E-state index in [-0.39, 0.29) is 24.3 Å². The highest BCUT2D eigenvalue weighted by atomic mass is 16.5. The van der Waals surface area contributed by atoms with Gasteiger partial charge in [0.1, 0.15) is 5.75 Å². The van der Waals surface area contributed by atoms with Crippen LogP contribution in [0.3, 0.4) is 0 Å². The molecule has 1 unspecified atom stereocenters. The van der Waals surface area contributed by atoms with Gasteiger partial charge in [-0.3, -0.25) is 9.59 Å². The maximum absolute atomic E-state index is 12.5. The molecule has 0 spiro atoms. The zero-order chi connectivity index (χ0) is 18.7. The number of ether oxygens (including phenoxy) is 1. The minimum atomic E-state index is -0.401. The third-order valence-corrected chi connectivity index (χ3v) is 4.36. The summed E-state index contributed by atoms with van der Waals surface area (Å²) in [4.78, 5) is 28.0. The monoisotopic (exact) mass is 357 g/mol. The number of nitrogens with zero attached hydrogens (tertiary/aromatic N) is 4. The molecular formula is C18H23N5O3. The van der Waals surface area contributed by atoms with Gasteiger partial charge in [0.05, 0.1) is 25.3 Å². The first kappa shape index (κ1) is 17.9. The Labute approximate surface area is 152 Å². The van der Waals surface area contributed by atoms with E-state index in [9.17, 15) is 9.59 Å². The lowest BCUT2D eigenvalue weighted by molar-refractivity contribution is -0.128. The van der Waals surface area contributed by atoms with Crippen LogP contribution in [-0.4, -0.2) is 45.4 Å². The third kappa shape index (κ3) is 3.84. The number of para-hydroxylation sites is 1. The molecule has 2 aromatic rings. The Kier molecular flexibility index (Phi) is 5.20. The van der Waals surface area contributed by atoms with Gasteiger partial charge in [-0.1, -0.05) is 18.2 Å². The standard InChI is InChI=1S/C18H23N5O3/c1-12(2)23-19-9-16(21-23)20-18(25)14-8-17(24)22(11-14)10-13-6-4-5-7-15(13)26-3/h4-7,9,12,14H,8,10-11H2,1-3H3,(H,20,21,25). The van der Waals surface area contributed by atoms with Crippen molar-refractivity contribution in [2.75, 3.05) is 19.0 Å². The summed E-state index contributed by atoms with van der Waals surface area (Å²) >= 11 is 0. The topological polar surface area (TPSA) is 89.3 Å². The van der Waals surface area contributed by atoms with Crippen molar-refractivity contribution in [1.82, 2.24) is 19.9 Å². The van der Waals surface area contributed by atoms with Gasteiger partial charge in [0, 0.05) is 25.1 Å². The maximum atomic E-state index is 12.5. The van der Waals surface area contributed by atoms with Gasteiger partial charge in [-0.2, -0.15) is 9.90 Å². The van der Waals surface area contributed by atoms with Crippen molar-refractivity contribution in [3.05, 3.63) is 36.0 Å². The fraction of sp³-hybridized carbons (Fsp3) is 0.444. The van der Waals surface area contributed by atoms with Gasteiger partial charge in [-0.25, -0.2) is 0 Å². The van der Waals surface area contributed by atoms with Crippen LogP contribution in [0.25, 0.3) is 0 Å². The molecule has 8 heteroatoms. The van der Waals surface area contributed by atoms with Crippen molar-refractivity contribution in [2.24, 2.45) is 5.92 Å². The highest BCUT2D eigenvalue weighted by Gasteiger charge is 2.34. The van der Waals surface area contributed by atoms with Crippen LogP contribution in [0, 0.1) is 5.92 Å². The molecule has 26 heavy (non-hydrogen) atoms. The van der Waals surface area contributed by atoms with Crippen LogP contribution >= 0.6 is 0 Å². The number of benzene rings is 1. The van der Waals surface area contributed by atoms with Gasteiger partial charge < -0.3 is 15.0 Å². The molecule has 1 fully saturated rings. The smallest absolute Gasteiger partial charge is 0.231 e. The van der Waals surface area contributed by atoms with Gasteiger partial charge in [0.25, 0.3) is 0 Å². The highest BCUT2D eigenvalue weighted by molar-refractivity contribution is 5.96. The number of hydrogen-bond acceptors (Lipinski definition) is 5. The third-order valence-electron chi connectivity index (χ3n) is 4.36. The van der Waals surface area contributed by atoms with E-state index in [1.807, 2.05) is 38.1 Å². The van der Waals surface area contributed by atoms with Gasteiger partial charge in [-0.05, 0) is 19.9 Å². The Bertz CT molecular complexity index is 802. The van der Waals surface area contributed by atoms with Crippen LogP contribution in [0.15, 0.2) is 30.5 Å². The van der Waals surface area contributed by atoms with E-state index in [1.165, 1.54) is 11.0 Å². The zero-order valence-corrected chi connectivity index (χ0v) is 15.2. The largest absolute Gasteiger partial charge is 0.496 e. The van der Waals surface area contributed by atoms with Crippen LogP contribution in [0.4, 0.5) is 5.82 Å². The number of anilines is 1. The summed E-state index contributed by atoms with van der Waals surface area (Å²) in [5.41, 5.74) is 0.921. The fourth-order valence-corrected chi connectivity index (χ4v) is 2.95. The second-order valence-corrected chi connectivity index (χ2v) is 6.62. The average Bonchev–Trinajstić information content (AvgIpc) is 3.23. The quantitative estimate of drug-likeness (QED) is 0.852. The lowest BCUT2D eigenvalue weighted by Crippen LogP contribution is -2.28. The molecule has 0 bridgehead atoms. The Balaban J connectivity index is 1.62. The number of aromatic nitrogens is 3. The molecule has 0 aliphatic carbocycles. The maximum Gasteiger partial charge on any atom is 0.231 e. The normalized spacial score (nSPS) is 17.0. The van der Waals surface area contributed by atoms with E-state index >= 15 is 0 Å². The molecule has 2 amide bonds. The first-order valence-corrected chi connectivity index (χ1v) is 8.60. The number of carbonyl (C=O) groups is 2. The lowest BCUT2D eigenvalue weighted by atomic mass is 10.1. The molecule has 1 aliphatic rings. The number of carbonyl (C=O) groups excluding carboxylic acids is 2. The molecule has 1 N–H and O–H groups in total. The Morgan fingerprint density at radius 1 is 1.38 bits per heavy atom. The number of amides is 2. The van der Waals surface area contributed by atoms with E-state index in [2.05, 4.69) is 15.5 Å². The second kappa shape index (κ2) is 7.55. The van der Waals surface area contributed by atoms with Crippen LogP contribution in [-0.2, 0) is 16.1 Å². The van der Waals surface area contributed by atoms with Crippen molar-refractivity contribution in [3.63, 3.8) is 0 Å². The number of likely N-dealkylation sites (tertiary alicyclic amines) is 1. The van der Waals surface area contributed by atoms with Crippen molar-refractivity contribution < 1.29 is 14.3 Å². The molecule has 2 heterocycles. The summed E-state index contributed by atoms with van der Waals surface area (Å²) in [6.45, 7) is 4.71. The number of hydrogen-bond donors (Lipinski definition) is 1. The molecule has 1 aliphatic heterocycles. The molecule has 0 radical (unpaired) electrons. The zero-order valence-electron chi connectivity index (χ0n) is 15.2. The molecule has 8 nitrogen and oxygen atoms in total. The van der Waals surface area contributed by atoms with E-state index in [0.29, 0.717) is 18.9 Å². The molecule has 3 rings (SSSR count). The summed E-state index contributed by atoms with van der Waals surface area (Å²) < 4.78 is 5.33. The van der Waals surface area contributed by atoms with Crippen molar-refractivity contribution >= 4 is 17.6 Å². The average molecular weight is 357 g/mol. The van der Waals surface area contributed by atoms with Crippen LogP contribution < -0.4 is 10.1 Å². The highest BCUT2D eigenvalue weighted by Crippen LogP contribution is 2.25. The van der Waals surface area contributed by atoms with Gasteiger partial charge >= 0.3 is 0 Å². The van der Waals surface area contributed by atoms with Crippen LogP contribution in [0.5, 0.6) is 5.75 Å². The van der Waals surface area contributed by atoms with E-state index in [0.717, 1.165) is 11.3 Å². The number of methoxy groups -OCH3 is 1. The number of rotatable bonds is 6. The van der Waals surface area contributed by atoms with Crippen LogP contribution in [0.1, 0.15) is 31.9 Å². The molecular weight excluding hydrogens is 334 g/mol. The predicted molar refractivity (Wildman–Crippen MR) is 95.6 cm³/mol. The van der Waals surface area contributed by atoms with Gasteiger partial charge in [0.15, 0.2) is 5.82 Å². The SMILES string of the molecule is COc1ccccc1CN1CC(C(=O)Nc2cnn(C(C)C)n2)CC1=O. The first-order chi connectivity index (χ1) is 12.5. The second-order valence-electron chi connectivity index (χ2n) is 6.62. The Hall–Kier alpha value is -2.90. The summed E-state index contributed by atoms with van der Waals surface area (Å²) in [5, 5.41) is 11.1. The summed E-state index contributed by atoms with van der Waals surface area (Å²) in [7, 11) is 1.60. The van der Waals surface area contributed by atoms with Crippen molar-refractivity contribution in [3.8, 4) is 5.75 Å².